The minimum Gasteiger partial charge on any atom is -0.494 e. The molecule has 0 unspecified atom stereocenters. The quantitative estimate of drug-likeness (QED) is 0.868. The van der Waals surface area contributed by atoms with Crippen LogP contribution in [-0.4, -0.2) is 28.4 Å². The fourth-order valence-corrected chi connectivity index (χ4v) is 4.62. The zero-order valence-electron chi connectivity index (χ0n) is 13.6. The molecule has 0 spiro atoms. The lowest BCUT2D eigenvalue weighted by atomic mass is 9.93. The molecule has 0 heterocycles. The van der Waals surface area contributed by atoms with Crippen molar-refractivity contribution < 1.29 is 13.3 Å². The van der Waals surface area contributed by atoms with Crippen LogP contribution in [0.15, 0.2) is 18.2 Å². The second-order valence-corrected chi connectivity index (χ2v) is 7.83. The lowest BCUT2D eigenvalue weighted by molar-refractivity contribution is 0.349. The fourth-order valence-electron chi connectivity index (χ4n) is 3.18. The van der Waals surface area contributed by atoms with Gasteiger partial charge in [-0.05, 0) is 37.5 Å². The monoisotopic (exact) mass is 327 g/mol. The van der Waals surface area contributed by atoms with Gasteiger partial charge in [-0.2, -0.15) is 0 Å². The Morgan fingerprint density at radius 3 is 2.82 bits per heavy atom. The molecule has 22 heavy (non-hydrogen) atoms. The minimum atomic E-state index is -0.773. The van der Waals surface area contributed by atoms with Crippen molar-refractivity contribution in [2.24, 2.45) is 0 Å². The number of ether oxygens (including phenoxy) is 1. The molecule has 4 atom stereocenters. The summed E-state index contributed by atoms with van der Waals surface area (Å²) in [6, 6.07) is 5.30. The Morgan fingerprint density at radius 2 is 2.14 bits per heavy atom. The minimum absolute atomic E-state index is 0.0777. The van der Waals surface area contributed by atoms with Crippen LogP contribution in [0, 0.1) is 5.82 Å². The summed E-state index contributed by atoms with van der Waals surface area (Å²) in [7, 11) is 0.701. The van der Waals surface area contributed by atoms with Crippen LogP contribution in [0.25, 0.3) is 0 Å². The van der Waals surface area contributed by atoms with E-state index in [1.54, 1.807) is 12.1 Å². The maximum Gasteiger partial charge on any atom is 0.165 e. The third-order valence-corrected chi connectivity index (χ3v) is 6.27. The Hall–Kier alpha value is -0.940. The van der Waals surface area contributed by atoms with Crippen LogP contribution in [-0.2, 0) is 10.8 Å². The summed E-state index contributed by atoms with van der Waals surface area (Å²) in [4.78, 5) is 0. The largest absolute Gasteiger partial charge is 0.494 e. The SMILES string of the molecule is CC[S@](=O)[C@@H]1CCCC[C@H]1N[C@H](C)c1ccc(F)c(OC)c1. The molecule has 1 saturated carbocycles. The van der Waals surface area contributed by atoms with Gasteiger partial charge in [0.05, 0.1) is 12.4 Å². The van der Waals surface area contributed by atoms with Crippen molar-refractivity contribution in [3.63, 3.8) is 0 Å². The first-order valence-corrected chi connectivity index (χ1v) is 9.41. The van der Waals surface area contributed by atoms with Crippen molar-refractivity contribution in [1.29, 1.82) is 0 Å². The van der Waals surface area contributed by atoms with Crippen LogP contribution in [0.1, 0.15) is 51.1 Å². The number of halogens is 1. The zero-order valence-corrected chi connectivity index (χ0v) is 14.4. The van der Waals surface area contributed by atoms with Gasteiger partial charge in [-0.1, -0.05) is 25.8 Å². The van der Waals surface area contributed by atoms with Gasteiger partial charge in [-0.3, -0.25) is 4.21 Å². The third-order valence-electron chi connectivity index (χ3n) is 4.46. The van der Waals surface area contributed by atoms with E-state index in [9.17, 15) is 8.60 Å². The second-order valence-electron chi connectivity index (χ2n) is 5.88. The molecule has 0 bridgehead atoms. The highest BCUT2D eigenvalue weighted by atomic mass is 32.2. The van der Waals surface area contributed by atoms with Crippen LogP contribution in [0.3, 0.4) is 0 Å². The Bertz CT molecular complexity index is 523. The maximum atomic E-state index is 13.5. The van der Waals surface area contributed by atoms with Gasteiger partial charge in [0, 0.05) is 28.6 Å². The molecule has 0 amide bonds. The summed E-state index contributed by atoms with van der Waals surface area (Å²) in [5.41, 5.74) is 0.991. The number of rotatable bonds is 6. The molecule has 1 aromatic carbocycles. The lowest BCUT2D eigenvalue weighted by Crippen LogP contribution is -2.45. The van der Waals surface area contributed by atoms with Crippen molar-refractivity contribution in [3.05, 3.63) is 29.6 Å². The summed E-state index contributed by atoms with van der Waals surface area (Å²) in [6.07, 6.45) is 4.42. The molecule has 2 rings (SSSR count). The molecule has 1 aliphatic carbocycles. The number of nitrogens with one attached hydrogen (secondary N) is 1. The standard InChI is InChI=1S/C17H26FNO2S/c1-4-22(20)17-8-6-5-7-15(17)19-12(2)13-9-10-14(18)16(11-13)21-3/h9-12,15,17,19H,4-8H2,1-3H3/t12-,15-,17-,22+/m1/s1. The molecule has 0 radical (unpaired) electrons. The smallest absolute Gasteiger partial charge is 0.165 e. The fraction of sp³-hybridized carbons (Fsp3) is 0.647. The third kappa shape index (κ3) is 4.07. The van der Waals surface area contributed by atoms with Crippen molar-refractivity contribution in [2.75, 3.05) is 12.9 Å². The molecule has 5 heteroatoms. The molecule has 1 aliphatic rings. The van der Waals surface area contributed by atoms with E-state index in [-0.39, 0.29) is 28.9 Å². The predicted octanol–water partition coefficient (Wildman–Crippen LogP) is 3.56. The molecule has 0 aromatic heterocycles. The molecular formula is C17H26FNO2S. The molecule has 1 aromatic rings. The van der Waals surface area contributed by atoms with Gasteiger partial charge >= 0.3 is 0 Å². The second kappa shape index (κ2) is 8.06. The number of hydrogen-bond donors (Lipinski definition) is 1. The van der Waals surface area contributed by atoms with Gasteiger partial charge in [0.2, 0.25) is 0 Å². The van der Waals surface area contributed by atoms with Crippen LogP contribution in [0.5, 0.6) is 5.75 Å². The molecule has 3 nitrogen and oxygen atoms in total. The highest BCUT2D eigenvalue weighted by Gasteiger charge is 2.30. The van der Waals surface area contributed by atoms with E-state index < -0.39 is 10.8 Å². The van der Waals surface area contributed by atoms with E-state index >= 15 is 0 Å². The summed E-state index contributed by atoms with van der Waals surface area (Å²) in [5, 5.41) is 3.83. The Balaban J connectivity index is 2.09. The van der Waals surface area contributed by atoms with E-state index in [0.717, 1.165) is 24.8 Å². The highest BCUT2D eigenvalue weighted by Crippen LogP contribution is 2.27. The predicted molar refractivity (Wildman–Crippen MR) is 89.2 cm³/mol. The van der Waals surface area contributed by atoms with E-state index in [4.69, 9.17) is 4.74 Å². The van der Waals surface area contributed by atoms with E-state index in [0.29, 0.717) is 5.75 Å². The number of hydrogen-bond acceptors (Lipinski definition) is 3. The first-order chi connectivity index (χ1) is 10.6. The molecule has 0 saturated heterocycles. The molecule has 1 fully saturated rings. The average Bonchev–Trinajstić information content (AvgIpc) is 2.55. The number of methoxy groups -OCH3 is 1. The molecule has 124 valence electrons. The molecule has 1 N–H and O–H groups in total. The molecular weight excluding hydrogens is 301 g/mol. The van der Waals surface area contributed by atoms with Crippen LogP contribution in [0.4, 0.5) is 4.39 Å². The van der Waals surface area contributed by atoms with Crippen molar-refractivity contribution >= 4 is 10.8 Å². The van der Waals surface area contributed by atoms with Gasteiger partial charge in [0.25, 0.3) is 0 Å². The van der Waals surface area contributed by atoms with E-state index in [2.05, 4.69) is 12.2 Å². The van der Waals surface area contributed by atoms with Gasteiger partial charge in [0.1, 0.15) is 0 Å². The Kier molecular flexibility index (Phi) is 6.38. The summed E-state index contributed by atoms with van der Waals surface area (Å²) < 4.78 is 30.8. The van der Waals surface area contributed by atoms with Gasteiger partial charge in [-0.15, -0.1) is 0 Å². The van der Waals surface area contributed by atoms with Gasteiger partial charge < -0.3 is 10.1 Å². The van der Waals surface area contributed by atoms with Crippen molar-refractivity contribution in [3.8, 4) is 5.75 Å². The van der Waals surface area contributed by atoms with Gasteiger partial charge in [0.15, 0.2) is 11.6 Å². The van der Waals surface area contributed by atoms with Crippen molar-refractivity contribution in [2.45, 2.75) is 56.9 Å². The highest BCUT2D eigenvalue weighted by molar-refractivity contribution is 7.85. The summed E-state index contributed by atoms with van der Waals surface area (Å²) in [5.74, 6) is 0.631. The topological polar surface area (TPSA) is 38.3 Å². The van der Waals surface area contributed by atoms with Crippen LogP contribution < -0.4 is 10.1 Å². The van der Waals surface area contributed by atoms with E-state index in [1.807, 2.05) is 6.92 Å². The Labute approximate surface area is 135 Å². The van der Waals surface area contributed by atoms with Crippen LogP contribution >= 0.6 is 0 Å². The number of benzene rings is 1. The summed E-state index contributed by atoms with van der Waals surface area (Å²) in [6.45, 7) is 4.04. The van der Waals surface area contributed by atoms with Crippen molar-refractivity contribution in [1.82, 2.24) is 5.32 Å². The first-order valence-electron chi connectivity index (χ1n) is 8.03. The first kappa shape index (κ1) is 17.4. The molecule has 0 aliphatic heterocycles. The zero-order chi connectivity index (χ0) is 16.1. The van der Waals surface area contributed by atoms with Crippen LogP contribution in [0.2, 0.25) is 0 Å². The van der Waals surface area contributed by atoms with Gasteiger partial charge in [-0.25, -0.2) is 4.39 Å². The normalized spacial score (nSPS) is 24.7. The lowest BCUT2D eigenvalue weighted by Gasteiger charge is -2.34. The average molecular weight is 327 g/mol. The summed E-state index contributed by atoms with van der Waals surface area (Å²) >= 11 is 0. The Morgan fingerprint density at radius 1 is 1.41 bits per heavy atom. The maximum absolute atomic E-state index is 13.5. The van der Waals surface area contributed by atoms with E-state index in [1.165, 1.54) is 19.6 Å².